The molecule has 1 aromatic carbocycles. The van der Waals surface area contributed by atoms with Gasteiger partial charge in [0.25, 0.3) is 0 Å². The topological polar surface area (TPSA) is 42.0 Å². The highest BCUT2D eigenvalue weighted by molar-refractivity contribution is 9.10. The monoisotopic (exact) mass is 360 g/mol. The fourth-order valence-electron chi connectivity index (χ4n) is 2.21. The third-order valence-corrected chi connectivity index (χ3v) is 4.16. The van der Waals surface area contributed by atoms with Crippen LogP contribution in [0.15, 0.2) is 53.1 Å². The van der Waals surface area contributed by atoms with Gasteiger partial charge >= 0.3 is 0 Å². The number of aryl methyl sites for hydroxylation is 1. The van der Waals surface area contributed by atoms with Crippen molar-refractivity contribution in [1.29, 1.82) is 0 Å². The lowest BCUT2D eigenvalue weighted by molar-refractivity contribution is -0.121. The standard InChI is InChI=1S/C18H21BrN2O/c1-18(2,14-6-5-7-15(19)12-14)13-21-17(22)10-9-16-8-3-4-11-20-16/h3-8,11-12H,9-10,13H2,1-2H3,(H,21,22). The molecular weight excluding hydrogens is 340 g/mol. The van der Waals surface area contributed by atoms with Crippen molar-refractivity contribution in [2.45, 2.75) is 32.1 Å². The predicted octanol–water partition coefficient (Wildman–Crippen LogP) is 3.87. The molecule has 3 nitrogen and oxygen atoms in total. The molecule has 0 unspecified atom stereocenters. The molecular formula is C18H21BrN2O. The van der Waals surface area contributed by atoms with E-state index in [9.17, 15) is 4.79 Å². The van der Waals surface area contributed by atoms with Gasteiger partial charge < -0.3 is 5.32 Å². The van der Waals surface area contributed by atoms with Crippen molar-refractivity contribution in [3.63, 3.8) is 0 Å². The summed E-state index contributed by atoms with van der Waals surface area (Å²) in [4.78, 5) is 16.2. The summed E-state index contributed by atoms with van der Waals surface area (Å²) < 4.78 is 1.06. The SMILES string of the molecule is CC(C)(CNC(=O)CCc1ccccn1)c1cccc(Br)c1. The van der Waals surface area contributed by atoms with E-state index in [1.54, 1.807) is 6.20 Å². The zero-order valence-electron chi connectivity index (χ0n) is 13.0. The van der Waals surface area contributed by atoms with E-state index in [2.05, 4.69) is 52.2 Å². The van der Waals surface area contributed by atoms with Gasteiger partial charge in [-0.3, -0.25) is 9.78 Å². The van der Waals surface area contributed by atoms with E-state index in [0.717, 1.165) is 10.2 Å². The molecule has 116 valence electrons. The molecule has 0 aliphatic carbocycles. The minimum atomic E-state index is -0.107. The van der Waals surface area contributed by atoms with Crippen LogP contribution in [0.4, 0.5) is 0 Å². The summed E-state index contributed by atoms with van der Waals surface area (Å²) in [6.45, 7) is 4.88. The van der Waals surface area contributed by atoms with Crippen molar-refractivity contribution >= 4 is 21.8 Å². The van der Waals surface area contributed by atoms with Crippen LogP contribution in [0.2, 0.25) is 0 Å². The summed E-state index contributed by atoms with van der Waals surface area (Å²) in [5.74, 6) is 0.0636. The first kappa shape index (κ1) is 16.7. The van der Waals surface area contributed by atoms with Crippen LogP contribution in [0.1, 0.15) is 31.5 Å². The molecule has 0 fully saturated rings. The Hall–Kier alpha value is -1.68. The second kappa shape index (κ2) is 7.54. The zero-order valence-corrected chi connectivity index (χ0v) is 14.6. The Bertz CT molecular complexity index is 626. The third kappa shape index (κ3) is 4.95. The van der Waals surface area contributed by atoms with E-state index in [4.69, 9.17) is 0 Å². The van der Waals surface area contributed by atoms with Gasteiger partial charge in [0, 0.05) is 34.7 Å². The number of nitrogens with one attached hydrogen (secondary N) is 1. The van der Waals surface area contributed by atoms with Crippen LogP contribution in [0, 0.1) is 0 Å². The lowest BCUT2D eigenvalue weighted by Crippen LogP contribution is -2.36. The largest absolute Gasteiger partial charge is 0.355 e. The molecule has 1 amide bonds. The molecule has 2 aromatic rings. The molecule has 0 saturated heterocycles. The second-order valence-corrected chi connectivity index (χ2v) is 6.91. The van der Waals surface area contributed by atoms with Crippen molar-refractivity contribution in [3.05, 3.63) is 64.4 Å². The number of rotatable bonds is 6. The van der Waals surface area contributed by atoms with Crippen LogP contribution in [0.25, 0.3) is 0 Å². The lowest BCUT2D eigenvalue weighted by atomic mass is 9.84. The smallest absolute Gasteiger partial charge is 0.220 e. The van der Waals surface area contributed by atoms with Gasteiger partial charge in [-0.05, 0) is 36.2 Å². The molecule has 0 atom stereocenters. The van der Waals surface area contributed by atoms with Crippen LogP contribution in [-0.4, -0.2) is 17.4 Å². The molecule has 22 heavy (non-hydrogen) atoms. The molecule has 0 aliphatic rings. The highest BCUT2D eigenvalue weighted by Crippen LogP contribution is 2.25. The normalized spacial score (nSPS) is 11.2. The van der Waals surface area contributed by atoms with E-state index in [0.29, 0.717) is 19.4 Å². The molecule has 0 aliphatic heterocycles. The molecule has 0 bridgehead atoms. The van der Waals surface area contributed by atoms with Crippen LogP contribution in [-0.2, 0) is 16.6 Å². The summed E-state index contributed by atoms with van der Waals surface area (Å²) >= 11 is 3.49. The predicted molar refractivity (Wildman–Crippen MR) is 92.7 cm³/mol. The van der Waals surface area contributed by atoms with Crippen LogP contribution >= 0.6 is 15.9 Å². The highest BCUT2D eigenvalue weighted by Gasteiger charge is 2.21. The van der Waals surface area contributed by atoms with Gasteiger partial charge in [0.05, 0.1) is 0 Å². The average Bonchev–Trinajstić information content (AvgIpc) is 2.52. The molecule has 1 heterocycles. The van der Waals surface area contributed by atoms with Crippen LogP contribution in [0.3, 0.4) is 0 Å². The molecule has 1 aromatic heterocycles. The van der Waals surface area contributed by atoms with E-state index >= 15 is 0 Å². The first-order valence-corrected chi connectivity index (χ1v) is 8.19. The molecule has 0 saturated carbocycles. The van der Waals surface area contributed by atoms with Crippen molar-refractivity contribution in [2.24, 2.45) is 0 Å². The van der Waals surface area contributed by atoms with Crippen molar-refractivity contribution in [3.8, 4) is 0 Å². The van der Waals surface area contributed by atoms with Crippen molar-refractivity contribution in [1.82, 2.24) is 10.3 Å². The number of amides is 1. The Morgan fingerprint density at radius 1 is 1.23 bits per heavy atom. The van der Waals surface area contributed by atoms with Gasteiger partial charge in [0.1, 0.15) is 0 Å². The van der Waals surface area contributed by atoms with Gasteiger partial charge in [-0.25, -0.2) is 0 Å². The zero-order chi connectivity index (χ0) is 16.0. The number of pyridine rings is 1. The van der Waals surface area contributed by atoms with E-state index in [1.165, 1.54) is 5.56 Å². The van der Waals surface area contributed by atoms with Crippen molar-refractivity contribution in [2.75, 3.05) is 6.54 Å². The fourth-order valence-corrected chi connectivity index (χ4v) is 2.61. The number of nitrogens with zero attached hydrogens (tertiary/aromatic N) is 1. The van der Waals surface area contributed by atoms with Gasteiger partial charge in [-0.1, -0.05) is 48.0 Å². The summed E-state index contributed by atoms with van der Waals surface area (Å²) in [6.07, 6.45) is 2.89. The maximum absolute atomic E-state index is 12.0. The Morgan fingerprint density at radius 3 is 2.73 bits per heavy atom. The summed E-state index contributed by atoms with van der Waals surface area (Å²) in [5.41, 5.74) is 2.04. The molecule has 1 N–H and O–H groups in total. The molecule has 0 radical (unpaired) electrons. The van der Waals surface area contributed by atoms with E-state index < -0.39 is 0 Å². The second-order valence-electron chi connectivity index (χ2n) is 5.99. The van der Waals surface area contributed by atoms with Gasteiger partial charge in [-0.2, -0.15) is 0 Å². The van der Waals surface area contributed by atoms with Gasteiger partial charge in [0.2, 0.25) is 5.91 Å². The Kier molecular flexibility index (Phi) is 5.72. The number of carbonyl (C=O) groups is 1. The van der Waals surface area contributed by atoms with Gasteiger partial charge in [-0.15, -0.1) is 0 Å². The van der Waals surface area contributed by atoms with Gasteiger partial charge in [0.15, 0.2) is 0 Å². The average molecular weight is 361 g/mol. The summed E-state index contributed by atoms with van der Waals surface area (Å²) in [6, 6.07) is 14.0. The quantitative estimate of drug-likeness (QED) is 0.849. The van der Waals surface area contributed by atoms with E-state index in [1.807, 2.05) is 30.3 Å². The highest BCUT2D eigenvalue weighted by atomic mass is 79.9. The van der Waals surface area contributed by atoms with E-state index in [-0.39, 0.29) is 11.3 Å². The first-order valence-electron chi connectivity index (χ1n) is 7.40. The van der Waals surface area contributed by atoms with Crippen molar-refractivity contribution < 1.29 is 4.79 Å². The first-order chi connectivity index (χ1) is 10.5. The number of aromatic nitrogens is 1. The summed E-state index contributed by atoms with van der Waals surface area (Å²) in [7, 11) is 0. The number of halogens is 1. The van der Waals surface area contributed by atoms with Crippen LogP contribution < -0.4 is 5.32 Å². The number of hydrogen-bond donors (Lipinski definition) is 1. The minimum absolute atomic E-state index is 0.0636. The number of benzene rings is 1. The minimum Gasteiger partial charge on any atom is -0.355 e. The molecule has 0 spiro atoms. The number of hydrogen-bond acceptors (Lipinski definition) is 2. The molecule has 4 heteroatoms. The Balaban J connectivity index is 1.85. The lowest BCUT2D eigenvalue weighted by Gasteiger charge is -2.26. The third-order valence-electron chi connectivity index (χ3n) is 3.67. The maximum atomic E-state index is 12.0. The molecule has 2 rings (SSSR count). The fraction of sp³-hybridized carbons (Fsp3) is 0.333. The summed E-state index contributed by atoms with van der Waals surface area (Å²) in [5, 5.41) is 3.03. The number of carbonyl (C=O) groups excluding carboxylic acids is 1. The Morgan fingerprint density at radius 2 is 2.05 bits per heavy atom. The van der Waals surface area contributed by atoms with Crippen LogP contribution in [0.5, 0.6) is 0 Å². The maximum Gasteiger partial charge on any atom is 0.220 e. The Labute approximate surface area is 140 Å².